The van der Waals surface area contributed by atoms with Gasteiger partial charge in [-0.05, 0) is 48.5 Å². The Balaban J connectivity index is 1.55. The molecule has 1 unspecified atom stereocenters. The van der Waals surface area contributed by atoms with E-state index >= 15 is 0 Å². The fourth-order valence-electron chi connectivity index (χ4n) is 5.52. The van der Waals surface area contributed by atoms with Crippen molar-refractivity contribution in [1.29, 1.82) is 5.26 Å². The predicted octanol–water partition coefficient (Wildman–Crippen LogP) is 7.42. The van der Waals surface area contributed by atoms with E-state index in [1.807, 2.05) is 6.07 Å². The number of carbonyl (C=O) groups is 5. The molecule has 4 aromatic rings. The van der Waals surface area contributed by atoms with Crippen LogP contribution in [0.2, 0.25) is 0 Å². The minimum atomic E-state index is -0.884. The third-order valence-corrected chi connectivity index (χ3v) is 8.27. The van der Waals surface area contributed by atoms with Gasteiger partial charge in [0.15, 0.2) is 28.8 Å². The second kappa shape index (κ2) is 21.4. The number of ketones is 1. The van der Waals surface area contributed by atoms with Crippen LogP contribution < -0.4 is 34.9 Å². The number of esters is 1. The summed E-state index contributed by atoms with van der Waals surface area (Å²) in [5, 5.41) is 17.5. The van der Waals surface area contributed by atoms with Crippen molar-refractivity contribution in [3.05, 3.63) is 139 Å². The summed E-state index contributed by atoms with van der Waals surface area (Å²) in [5.41, 5.74) is 1.39. The van der Waals surface area contributed by atoms with E-state index in [1.54, 1.807) is 30.3 Å². The first-order chi connectivity index (χ1) is 28.1. The molecular weight excluding hydrogens is 745 g/mol. The molecule has 14 heteroatoms. The zero-order valence-corrected chi connectivity index (χ0v) is 32.0. The van der Waals surface area contributed by atoms with E-state index < -0.39 is 29.6 Å². The highest BCUT2D eigenvalue weighted by molar-refractivity contribution is 6.10. The first kappa shape index (κ1) is 43.1. The molecule has 58 heavy (non-hydrogen) atoms. The fourth-order valence-corrected chi connectivity index (χ4v) is 5.52. The van der Waals surface area contributed by atoms with Crippen LogP contribution in [0.25, 0.3) is 0 Å². The summed E-state index contributed by atoms with van der Waals surface area (Å²) in [4.78, 5) is 65.8. The van der Waals surface area contributed by atoms with Crippen molar-refractivity contribution in [2.24, 2.45) is 5.92 Å². The maximum Gasteiger partial charge on any atom is 0.342 e. The second-order valence-corrected chi connectivity index (χ2v) is 12.2. The first-order valence-corrected chi connectivity index (χ1v) is 17.8. The van der Waals surface area contributed by atoms with Crippen LogP contribution in [0.1, 0.15) is 54.3 Å². The number of nitrogens with zero attached hydrogens (tertiary/aromatic N) is 1. The number of nitriles is 1. The molecule has 4 rings (SSSR count). The Morgan fingerprint density at radius 1 is 0.655 bits per heavy atom. The monoisotopic (exact) mass is 786 g/mol. The van der Waals surface area contributed by atoms with Gasteiger partial charge in [0.2, 0.25) is 5.91 Å². The topological polar surface area (TPSA) is 191 Å². The number of carbonyl (C=O) groups excluding carboxylic acids is 5. The number of Topliss-reactive ketones (excluding diaryl/α,β-unsaturated/α-hetero) is 1. The Morgan fingerprint density at radius 3 is 1.76 bits per heavy atom. The number of hydrogen-bond donors (Lipinski definition) is 3. The molecule has 0 fully saturated rings. The van der Waals surface area contributed by atoms with E-state index in [-0.39, 0.29) is 89.5 Å². The van der Waals surface area contributed by atoms with Crippen molar-refractivity contribution in [1.82, 2.24) is 0 Å². The van der Waals surface area contributed by atoms with Gasteiger partial charge >= 0.3 is 5.97 Å². The van der Waals surface area contributed by atoms with Crippen LogP contribution >= 0.6 is 0 Å². The number of anilines is 3. The quantitative estimate of drug-likeness (QED) is 0.0433. The molecule has 0 saturated carbocycles. The van der Waals surface area contributed by atoms with Crippen LogP contribution in [0, 0.1) is 17.2 Å². The zero-order chi connectivity index (χ0) is 42.0. The Kier molecular flexibility index (Phi) is 15.9. The number of methoxy groups -OCH3 is 2. The lowest BCUT2D eigenvalue weighted by atomic mass is 9.95. The van der Waals surface area contributed by atoms with Crippen LogP contribution in [0.3, 0.4) is 0 Å². The van der Waals surface area contributed by atoms with Gasteiger partial charge in [-0.15, -0.1) is 0 Å². The highest BCUT2D eigenvalue weighted by Gasteiger charge is 2.27. The lowest BCUT2D eigenvalue weighted by molar-refractivity contribution is -0.119. The molecule has 14 nitrogen and oxygen atoms in total. The van der Waals surface area contributed by atoms with Crippen molar-refractivity contribution in [3.63, 3.8) is 0 Å². The molecule has 1 atom stereocenters. The first-order valence-electron chi connectivity index (χ1n) is 17.8. The smallest absolute Gasteiger partial charge is 0.342 e. The highest BCUT2D eigenvalue weighted by atomic mass is 16.5. The number of ether oxygens (including phenoxy) is 5. The van der Waals surface area contributed by atoms with Gasteiger partial charge in [-0.3, -0.25) is 19.2 Å². The summed E-state index contributed by atoms with van der Waals surface area (Å²) in [5.74, 6) is -3.50. The maximum atomic E-state index is 13.8. The highest BCUT2D eigenvalue weighted by Crippen LogP contribution is 2.42. The average Bonchev–Trinajstić information content (AvgIpc) is 3.24. The van der Waals surface area contributed by atoms with Crippen molar-refractivity contribution < 1.29 is 47.7 Å². The van der Waals surface area contributed by atoms with Gasteiger partial charge in [0.05, 0.1) is 43.1 Å². The van der Waals surface area contributed by atoms with E-state index in [9.17, 15) is 29.2 Å². The van der Waals surface area contributed by atoms with E-state index in [0.29, 0.717) is 11.3 Å². The van der Waals surface area contributed by atoms with Crippen molar-refractivity contribution in [2.45, 2.75) is 12.8 Å². The Bertz CT molecular complexity index is 2210. The molecule has 0 aliphatic rings. The number of rotatable bonds is 21. The Labute approximate surface area is 335 Å². The predicted molar refractivity (Wildman–Crippen MR) is 218 cm³/mol. The van der Waals surface area contributed by atoms with Gasteiger partial charge in [0, 0.05) is 29.7 Å². The normalized spacial score (nSPS) is 10.7. The van der Waals surface area contributed by atoms with Crippen LogP contribution in [0.15, 0.2) is 117 Å². The van der Waals surface area contributed by atoms with E-state index in [2.05, 4.69) is 35.7 Å². The molecule has 0 saturated heterocycles. The van der Waals surface area contributed by atoms with Gasteiger partial charge in [0.1, 0.15) is 25.4 Å². The van der Waals surface area contributed by atoms with Crippen LogP contribution in [-0.2, 0) is 9.53 Å². The van der Waals surface area contributed by atoms with Gasteiger partial charge in [0.25, 0.3) is 11.8 Å². The molecule has 0 heterocycles. The molecule has 0 aliphatic heterocycles. The lowest BCUT2D eigenvalue weighted by Crippen LogP contribution is -2.25. The zero-order valence-electron chi connectivity index (χ0n) is 32.0. The lowest BCUT2D eigenvalue weighted by Gasteiger charge is -2.20. The average molecular weight is 787 g/mol. The van der Waals surface area contributed by atoms with Crippen LogP contribution in [-0.4, -0.2) is 63.5 Å². The van der Waals surface area contributed by atoms with Crippen molar-refractivity contribution in [2.75, 3.05) is 50.0 Å². The molecule has 4 aromatic carbocycles. The number of benzene rings is 4. The summed E-state index contributed by atoms with van der Waals surface area (Å²) in [6.07, 6.45) is 4.05. The summed E-state index contributed by atoms with van der Waals surface area (Å²) in [6.45, 7) is 10.8. The van der Waals surface area contributed by atoms with Crippen molar-refractivity contribution in [3.8, 4) is 29.1 Å². The summed E-state index contributed by atoms with van der Waals surface area (Å²) < 4.78 is 28.0. The van der Waals surface area contributed by atoms with E-state index in [0.717, 1.165) is 0 Å². The van der Waals surface area contributed by atoms with Gasteiger partial charge in [-0.1, -0.05) is 68.3 Å². The molecule has 3 N–H and O–H groups in total. The van der Waals surface area contributed by atoms with E-state index in [4.69, 9.17) is 23.7 Å². The molecule has 0 aromatic heterocycles. The van der Waals surface area contributed by atoms with Crippen LogP contribution in [0.4, 0.5) is 17.1 Å². The molecule has 298 valence electrons. The number of nitrogens with one attached hydrogen (secondary N) is 3. The molecule has 3 amide bonds. The molecular formula is C44H42N4O10. The molecule has 0 radical (unpaired) electrons. The molecule has 0 aliphatic carbocycles. The fraction of sp³-hybridized carbons (Fsp3) is 0.182. The summed E-state index contributed by atoms with van der Waals surface area (Å²) in [6, 6.07) is 22.2. The third-order valence-electron chi connectivity index (χ3n) is 8.27. The van der Waals surface area contributed by atoms with Gasteiger partial charge < -0.3 is 39.6 Å². The largest absolute Gasteiger partial charge is 0.491 e. The van der Waals surface area contributed by atoms with Crippen molar-refractivity contribution >= 4 is 46.5 Å². The standard InChI is InChI=1S/C44H42N4O10/c1-6-24-56-37-32(43(52)48-35-21-19-33(44(53)58-26-8-3)38(40(35)55-5)57-25-7-2)18-20-34(39(37)54-4)47-41(50)29-14-16-31(17-15-29)46-42(51)30(22-23-45)27-36(49)28-12-10-9-11-13-28/h6-21,30H,1-3,22,24-27H2,4-5H3,(H,46,51)(H,47,50)(H,48,52). The summed E-state index contributed by atoms with van der Waals surface area (Å²) in [7, 11) is 2.69. The Hall–Kier alpha value is -7.66. The number of amides is 3. The Morgan fingerprint density at radius 2 is 1.21 bits per heavy atom. The van der Waals surface area contributed by atoms with E-state index in [1.165, 1.54) is 81.0 Å². The third kappa shape index (κ3) is 11.0. The van der Waals surface area contributed by atoms with Gasteiger partial charge in [-0.2, -0.15) is 5.26 Å². The van der Waals surface area contributed by atoms with Gasteiger partial charge in [-0.25, -0.2) is 4.79 Å². The van der Waals surface area contributed by atoms with Crippen LogP contribution in [0.5, 0.6) is 23.0 Å². The number of hydrogen-bond acceptors (Lipinski definition) is 11. The molecule has 0 bridgehead atoms. The summed E-state index contributed by atoms with van der Waals surface area (Å²) >= 11 is 0. The molecule has 0 spiro atoms. The minimum Gasteiger partial charge on any atom is -0.491 e. The maximum absolute atomic E-state index is 13.8. The minimum absolute atomic E-state index is 0.0137. The SMILES string of the molecule is C=CCOC(=O)c1ccc(NC(=O)c2ccc(NC(=O)c3ccc(NC(=O)C(CC#N)CC(=O)c4ccccc4)cc3)c(OC)c2OCC=C)c(OC)c1OCC=C. The second-order valence-electron chi connectivity index (χ2n) is 12.2.